The Labute approximate surface area is 148 Å². The summed E-state index contributed by atoms with van der Waals surface area (Å²) >= 11 is 1.73. The Kier molecular flexibility index (Phi) is 16.5. The number of hydrogen-bond acceptors (Lipinski definition) is 3. The van der Waals surface area contributed by atoms with Crippen molar-refractivity contribution >= 4 is 17.7 Å². The molecule has 4 heteroatoms. The summed E-state index contributed by atoms with van der Waals surface area (Å²) < 4.78 is 0. The van der Waals surface area contributed by atoms with Crippen molar-refractivity contribution in [3.05, 3.63) is 0 Å². The molecule has 23 heavy (non-hydrogen) atoms. The van der Waals surface area contributed by atoms with E-state index in [9.17, 15) is 9.90 Å². The van der Waals surface area contributed by atoms with E-state index < -0.39 is 5.97 Å². The molecule has 0 aromatic rings. The first-order chi connectivity index (χ1) is 11.2. The van der Waals surface area contributed by atoms with Crippen molar-refractivity contribution in [2.75, 3.05) is 25.1 Å². The number of carboxylic acids is 1. The van der Waals surface area contributed by atoms with Gasteiger partial charge in [-0.3, -0.25) is 9.69 Å². The maximum atomic E-state index is 11.4. The number of thioether (sulfide) groups is 1. The van der Waals surface area contributed by atoms with Gasteiger partial charge < -0.3 is 5.11 Å². The molecule has 0 aliphatic heterocycles. The number of nitrogens with zero attached hydrogens (tertiary/aromatic N) is 1. The van der Waals surface area contributed by atoms with E-state index in [4.69, 9.17) is 0 Å². The first kappa shape index (κ1) is 22.8. The van der Waals surface area contributed by atoms with Crippen LogP contribution in [-0.4, -0.2) is 47.1 Å². The molecular formula is C19H39NO2S. The maximum absolute atomic E-state index is 11.4. The lowest BCUT2D eigenvalue weighted by Gasteiger charge is -2.27. The van der Waals surface area contributed by atoms with E-state index in [0.29, 0.717) is 0 Å². The predicted octanol–water partition coefficient (Wildman–Crippen LogP) is 5.44. The zero-order chi connectivity index (χ0) is 17.3. The Morgan fingerprint density at radius 1 is 0.957 bits per heavy atom. The van der Waals surface area contributed by atoms with Gasteiger partial charge in [0.15, 0.2) is 0 Å². The van der Waals surface area contributed by atoms with Crippen LogP contribution in [0.5, 0.6) is 0 Å². The zero-order valence-electron chi connectivity index (χ0n) is 15.7. The van der Waals surface area contributed by atoms with E-state index >= 15 is 0 Å². The Balaban J connectivity index is 3.71. The first-order valence-corrected chi connectivity index (χ1v) is 11.0. The van der Waals surface area contributed by atoms with Gasteiger partial charge in [0.1, 0.15) is 6.04 Å². The van der Waals surface area contributed by atoms with Crippen LogP contribution in [0.25, 0.3) is 0 Å². The molecule has 0 unspecified atom stereocenters. The molecule has 0 saturated carbocycles. The topological polar surface area (TPSA) is 40.5 Å². The number of rotatable bonds is 17. The SMILES string of the molecule is CCCCCCCCCCCCN(CC)[C@@H](CCSC)C(=O)O. The number of unbranched alkanes of at least 4 members (excludes halogenated alkanes) is 9. The number of hydrogen-bond donors (Lipinski definition) is 1. The molecule has 0 spiro atoms. The Hall–Kier alpha value is -0.220. The summed E-state index contributed by atoms with van der Waals surface area (Å²) in [6.45, 7) is 6.10. The minimum Gasteiger partial charge on any atom is -0.480 e. The molecule has 0 aromatic carbocycles. The van der Waals surface area contributed by atoms with Gasteiger partial charge in [-0.15, -0.1) is 0 Å². The third-order valence-corrected chi connectivity index (χ3v) is 5.17. The molecule has 1 atom stereocenters. The largest absolute Gasteiger partial charge is 0.480 e. The second kappa shape index (κ2) is 16.6. The minimum atomic E-state index is -0.659. The van der Waals surface area contributed by atoms with Crippen molar-refractivity contribution in [3.63, 3.8) is 0 Å². The normalized spacial score (nSPS) is 12.7. The highest BCUT2D eigenvalue weighted by molar-refractivity contribution is 7.98. The Morgan fingerprint density at radius 3 is 1.91 bits per heavy atom. The number of carbonyl (C=O) groups is 1. The molecule has 0 saturated heterocycles. The van der Waals surface area contributed by atoms with Crippen LogP contribution < -0.4 is 0 Å². The first-order valence-electron chi connectivity index (χ1n) is 9.63. The van der Waals surface area contributed by atoms with Crippen LogP contribution >= 0.6 is 11.8 Å². The van der Waals surface area contributed by atoms with Crippen LogP contribution in [0, 0.1) is 0 Å². The van der Waals surface area contributed by atoms with E-state index in [1.807, 2.05) is 6.26 Å². The molecule has 0 heterocycles. The summed E-state index contributed by atoms with van der Waals surface area (Å²) in [7, 11) is 0. The monoisotopic (exact) mass is 345 g/mol. The lowest BCUT2D eigenvalue weighted by atomic mass is 10.1. The summed E-state index contributed by atoms with van der Waals surface area (Å²) in [5.41, 5.74) is 0. The molecular weight excluding hydrogens is 306 g/mol. The molecule has 0 aromatic heterocycles. The smallest absolute Gasteiger partial charge is 0.320 e. The summed E-state index contributed by atoms with van der Waals surface area (Å²) in [4.78, 5) is 13.6. The zero-order valence-corrected chi connectivity index (χ0v) is 16.5. The summed E-state index contributed by atoms with van der Waals surface area (Å²) in [6.07, 6.45) is 16.1. The average Bonchev–Trinajstić information content (AvgIpc) is 2.54. The molecule has 0 rings (SSSR count). The van der Waals surface area contributed by atoms with Gasteiger partial charge in [-0.1, -0.05) is 71.6 Å². The molecule has 3 nitrogen and oxygen atoms in total. The van der Waals surface area contributed by atoms with Crippen molar-refractivity contribution in [2.45, 2.75) is 90.5 Å². The van der Waals surface area contributed by atoms with Crippen LogP contribution in [0.15, 0.2) is 0 Å². The van der Waals surface area contributed by atoms with Gasteiger partial charge in [0.2, 0.25) is 0 Å². The van der Waals surface area contributed by atoms with Gasteiger partial charge in [0, 0.05) is 0 Å². The van der Waals surface area contributed by atoms with Gasteiger partial charge in [-0.2, -0.15) is 11.8 Å². The van der Waals surface area contributed by atoms with Crippen LogP contribution in [0.1, 0.15) is 84.5 Å². The Morgan fingerprint density at radius 2 is 1.48 bits per heavy atom. The predicted molar refractivity (Wildman–Crippen MR) is 104 cm³/mol. The fourth-order valence-electron chi connectivity index (χ4n) is 3.03. The fourth-order valence-corrected chi connectivity index (χ4v) is 3.49. The average molecular weight is 346 g/mol. The number of carboxylic acid groups (broad SMARTS) is 1. The molecule has 0 aliphatic rings. The summed E-state index contributed by atoms with van der Waals surface area (Å²) in [6, 6.07) is -0.300. The van der Waals surface area contributed by atoms with Crippen LogP contribution in [0.4, 0.5) is 0 Å². The second-order valence-electron chi connectivity index (χ2n) is 6.45. The van der Waals surface area contributed by atoms with E-state index in [-0.39, 0.29) is 6.04 Å². The molecule has 0 bridgehead atoms. The molecule has 138 valence electrons. The minimum absolute atomic E-state index is 0.300. The van der Waals surface area contributed by atoms with Crippen molar-refractivity contribution in [1.29, 1.82) is 0 Å². The summed E-state index contributed by atoms with van der Waals surface area (Å²) in [5, 5.41) is 9.41. The number of aliphatic carboxylic acids is 1. The van der Waals surface area contributed by atoms with Gasteiger partial charge in [-0.25, -0.2) is 0 Å². The third kappa shape index (κ3) is 12.8. The van der Waals surface area contributed by atoms with E-state index in [1.165, 1.54) is 57.8 Å². The van der Waals surface area contributed by atoms with Crippen LogP contribution in [0.2, 0.25) is 0 Å². The van der Waals surface area contributed by atoms with Crippen molar-refractivity contribution < 1.29 is 9.90 Å². The second-order valence-corrected chi connectivity index (χ2v) is 7.43. The Bertz CT molecular complexity index is 274. The number of likely N-dealkylation sites (N-methyl/N-ethyl adjacent to an activating group) is 1. The molecule has 1 N–H and O–H groups in total. The molecule has 0 fully saturated rings. The molecule has 0 radical (unpaired) electrons. The lowest BCUT2D eigenvalue weighted by Crippen LogP contribution is -2.42. The van der Waals surface area contributed by atoms with Gasteiger partial charge in [0.05, 0.1) is 0 Å². The highest BCUT2D eigenvalue weighted by Gasteiger charge is 2.23. The summed E-state index contributed by atoms with van der Waals surface area (Å²) in [5.74, 6) is 0.263. The lowest BCUT2D eigenvalue weighted by molar-refractivity contribution is -0.143. The molecule has 0 amide bonds. The van der Waals surface area contributed by atoms with Gasteiger partial charge >= 0.3 is 5.97 Å². The van der Waals surface area contributed by atoms with Crippen molar-refractivity contribution in [3.8, 4) is 0 Å². The molecule has 0 aliphatic carbocycles. The van der Waals surface area contributed by atoms with Crippen LogP contribution in [0.3, 0.4) is 0 Å². The van der Waals surface area contributed by atoms with Gasteiger partial charge in [-0.05, 0) is 37.9 Å². The third-order valence-electron chi connectivity index (χ3n) is 4.53. The van der Waals surface area contributed by atoms with E-state index in [1.54, 1.807) is 11.8 Å². The highest BCUT2D eigenvalue weighted by atomic mass is 32.2. The van der Waals surface area contributed by atoms with E-state index in [2.05, 4.69) is 18.7 Å². The van der Waals surface area contributed by atoms with Crippen molar-refractivity contribution in [2.24, 2.45) is 0 Å². The van der Waals surface area contributed by atoms with Crippen molar-refractivity contribution in [1.82, 2.24) is 4.90 Å². The maximum Gasteiger partial charge on any atom is 0.320 e. The van der Waals surface area contributed by atoms with Gasteiger partial charge in [0.25, 0.3) is 0 Å². The highest BCUT2D eigenvalue weighted by Crippen LogP contribution is 2.13. The quantitative estimate of drug-likeness (QED) is 0.357. The fraction of sp³-hybridized carbons (Fsp3) is 0.947. The standard InChI is InChI=1S/C19H39NO2S/c1-4-6-7-8-9-10-11-12-13-14-16-20(5-2)18(19(21)22)15-17-23-3/h18H,4-17H2,1-3H3,(H,21,22)/t18-/m0/s1. The van der Waals surface area contributed by atoms with E-state index in [0.717, 1.165) is 31.7 Å². The van der Waals surface area contributed by atoms with Crippen LogP contribution in [-0.2, 0) is 4.79 Å².